The van der Waals surface area contributed by atoms with Crippen molar-refractivity contribution in [1.82, 2.24) is 9.80 Å². The number of rotatable bonds is 0. The van der Waals surface area contributed by atoms with E-state index >= 15 is 0 Å². The minimum Gasteiger partial charge on any atom is -0.331 e. The van der Waals surface area contributed by atoms with E-state index in [1.54, 1.807) is 4.90 Å². The Hall–Kier alpha value is -0.770. The lowest BCUT2D eigenvalue weighted by molar-refractivity contribution is 0.179. The Balaban J connectivity index is 2.01. The molecule has 0 aromatic heterocycles. The van der Waals surface area contributed by atoms with Crippen molar-refractivity contribution in [3.05, 3.63) is 0 Å². The molecule has 3 unspecified atom stereocenters. The number of urea groups is 1. The number of carbonyl (C=O) groups excluding carboxylic acids is 1. The van der Waals surface area contributed by atoms with E-state index in [1.807, 2.05) is 19.0 Å². The molecule has 1 aliphatic carbocycles. The lowest BCUT2D eigenvalue weighted by atomic mass is 9.78. The van der Waals surface area contributed by atoms with Crippen molar-refractivity contribution in [2.24, 2.45) is 17.6 Å². The number of fused-ring (bicyclic) bond motifs is 1. The summed E-state index contributed by atoms with van der Waals surface area (Å²) in [5.41, 5.74) is 6.11. The Bertz CT molecular complexity index is 254. The van der Waals surface area contributed by atoms with Gasteiger partial charge in [0.25, 0.3) is 0 Å². The highest BCUT2D eigenvalue weighted by Gasteiger charge is 2.40. The standard InChI is InChI=1S/C11H21N3O/c1-13(2)11(15)14-6-8-4-3-5-10(12)9(8)7-14/h8-10H,3-7,12H2,1-2H3. The largest absolute Gasteiger partial charge is 0.331 e. The molecule has 0 aromatic rings. The minimum absolute atomic E-state index is 0.136. The first-order valence-electron chi connectivity index (χ1n) is 5.81. The van der Waals surface area contributed by atoms with E-state index in [0.717, 1.165) is 19.5 Å². The summed E-state index contributed by atoms with van der Waals surface area (Å²) < 4.78 is 0. The molecule has 0 radical (unpaired) electrons. The summed E-state index contributed by atoms with van der Waals surface area (Å²) in [5.74, 6) is 1.19. The van der Waals surface area contributed by atoms with Gasteiger partial charge in [0.2, 0.25) is 0 Å². The van der Waals surface area contributed by atoms with Crippen molar-refractivity contribution >= 4 is 6.03 Å². The number of hydrogen-bond donors (Lipinski definition) is 1. The maximum absolute atomic E-state index is 11.8. The van der Waals surface area contributed by atoms with E-state index in [0.29, 0.717) is 17.9 Å². The van der Waals surface area contributed by atoms with Crippen molar-refractivity contribution in [3.8, 4) is 0 Å². The zero-order valence-electron chi connectivity index (χ0n) is 9.65. The number of hydrogen-bond acceptors (Lipinski definition) is 2. The fourth-order valence-electron chi connectivity index (χ4n) is 2.96. The monoisotopic (exact) mass is 211 g/mol. The molecule has 0 bridgehead atoms. The first kappa shape index (κ1) is 10.7. The molecule has 2 N–H and O–H groups in total. The van der Waals surface area contributed by atoms with Gasteiger partial charge in [0, 0.05) is 33.2 Å². The van der Waals surface area contributed by atoms with E-state index in [9.17, 15) is 4.79 Å². The summed E-state index contributed by atoms with van der Waals surface area (Å²) in [6, 6.07) is 0.445. The molecule has 0 aromatic carbocycles. The Labute approximate surface area is 91.4 Å². The predicted molar refractivity (Wildman–Crippen MR) is 59.5 cm³/mol. The van der Waals surface area contributed by atoms with Crippen LogP contribution in [0.4, 0.5) is 4.79 Å². The second-order valence-electron chi connectivity index (χ2n) is 5.10. The molecular formula is C11H21N3O. The molecule has 3 atom stereocenters. The zero-order valence-corrected chi connectivity index (χ0v) is 9.65. The summed E-state index contributed by atoms with van der Waals surface area (Å²) in [6.07, 6.45) is 3.60. The Morgan fingerprint density at radius 2 is 2.07 bits per heavy atom. The molecule has 4 heteroatoms. The average molecular weight is 211 g/mol. The molecule has 1 heterocycles. The highest BCUT2D eigenvalue weighted by molar-refractivity contribution is 5.74. The van der Waals surface area contributed by atoms with E-state index < -0.39 is 0 Å². The van der Waals surface area contributed by atoms with Gasteiger partial charge in [0.05, 0.1) is 0 Å². The van der Waals surface area contributed by atoms with Gasteiger partial charge in [-0.15, -0.1) is 0 Å². The third kappa shape index (κ3) is 1.95. The lowest BCUT2D eigenvalue weighted by Gasteiger charge is -2.29. The van der Waals surface area contributed by atoms with Gasteiger partial charge in [-0.05, 0) is 24.7 Å². The normalized spacial score (nSPS) is 35.1. The third-order valence-corrected chi connectivity index (χ3v) is 3.81. The Kier molecular flexibility index (Phi) is 2.87. The molecule has 4 nitrogen and oxygen atoms in total. The van der Waals surface area contributed by atoms with Crippen LogP contribution in [0.3, 0.4) is 0 Å². The van der Waals surface area contributed by atoms with Crippen molar-refractivity contribution in [2.45, 2.75) is 25.3 Å². The molecule has 86 valence electrons. The predicted octanol–water partition coefficient (Wildman–Crippen LogP) is 0.727. The number of nitrogens with two attached hydrogens (primary N) is 1. The van der Waals surface area contributed by atoms with Crippen LogP contribution in [0.15, 0.2) is 0 Å². The van der Waals surface area contributed by atoms with Gasteiger partial charge in [0.1, 0.15) is 0 Å². The average Bonchev–Trinajstić information content (AvgIpc) is 2.61. The zero-order chi connectivity index (χ0) is 11.0. The third-order valence-electron chi connectivity index (χ3n) is 3.81. The summed E-state index contributed by atoms with van der Waals surface area (Å²) in [5, 5.41) is 0. The van der Waals surface area contributed by atoms with Crippen molar-refractivity contribution in [1.29, 1.82) is 0 Å². The van der Waals surface area contributed by atoms with Crippen LogP contribution >= 0.6 is 0 Å². The lowest BCUT2D eigenvalue weighted by Crippen LogP contribution is -2.40. The van der Waals surface area contributed by atoms with Crippen molar-refractivity contribution in [2.75, 3.05) is 27.2 Å². The maximum atomic E-state index is 11.8. The van der Waals surface area contributed by atoms with Gasteiger partial charge in [-0.25, -0.2) is 4.79 Å². The van der Waals surface area contributed by atoms with E-state index in [1.165, 1.54) is 12.8 Å². The Morgan fingerprint density at radius 3 is 2.67 bits per heavy atom. The fourth-order valence-corrected chi connectivity index (χ4v) is 2.96. The van der Waals surface area contributed by atoms with Crippen LogP contribution < -0.4 is 5.73 Å². The first-order valence-corrected chi connectivity index (χ1v) is 5.81. The first-order chi connectivity index (χ1) is 7.09. The smallest absolute Gasteiger partial charge is 0.319 e. The van der Waals surface area contributed by atoms with Crippen LogP contribution in [0.25, 0.3) is 0 Å². The molecule has 2 rings (SSSR count). The summed E-state index contributed by atoms with van der Waals surface area (Å²) in [7, 11) is 3.62. The highest BCUT2D eigenvalue weighted by Crippen LogP contribution is 2.35. The van der Waals surface area contributed by atoms with Crippen LogP contribution in [0.2, 0.25) is 0 Å². The molecular weight excluding hydrogens is 190 g/mol. The van der Waals surface area contributed by atoms with Crippen LogP contribution in [-0.4, -0.2) is 49.1 Å². The molecule has 1 saturated carbocycles. The van der Waals surface area contributed by atoms with Gasteiger partial charge >= 0.3 is 6.03 Å². The summed E-state index contributed by atoms with van der Waals surface area (Å²) in [4.78, 5) is 15.4. The number of nitrogens with zero attached hydrogens (tertiary/aromatic N) is 2. The summed E-state index contributed by atoms with van der Waals surface area (Å²) >= 11 is 0. The second-order valence-corrected chi connectivity index (χ2v) is 5.10. The van der Waals surface area contributed by atoms with Crippen LogP contribution in [0.1, 0.15) is 19.3 Å². The SMILES string of the molecule is CN(C)C(=O)N1CC2CCCC(N)C2C1. The second kappa shape index (κ2) is 4.00. The number of amides is 2. The van der Waals surface area contributed by atoms with E-state index in [4.69, 9.17) is 5.73 Å². The molecule has 0 spiro atoms. The fraction of sp³-hybridized carbons (Fsp3) is 0.909. The summed E-state index contributed by atoms with van der Waals surface area (Å²) in [6.45, 7) is 1.78. The molecule has 2 fully saturated rings. The molecule has 1 aliphatic heterocycles. The number of likely N-dealkylation sites (tertiary alicyclic amines) is 1. The minimum atomic E-state index is 0.136. The molecule has 2 aliphatic rings. The van der Waals surface area contributed by atoms with Gasteiger partial charge in [0.15, 0.2) is 0 Å². The highest BCUT2D eigenvalue weighted by atomic mass is 16.2. The maximum Gasteiger partial charge on any atom is 0.319 e. The van der Waals surface area contributed by atoms with Gasteiger partial charge in [-0.3, -0.25) is 0 Å². The molecule has 15 heavy (non-hydrogen) atoms. The van der Waals surface area contributed by atoms with E-state index in [2.05, 4.69) is 0 Å². The van der Waals surface area contributed by atoms with Crippen molar-refractivity contribution in [3.63, 3.8) is 0 Å². The van der Waals surface area contributed by atoms with Crippen LogP contribution in [-0.2, 0) is 0 Å². The van der Waals surface area contributed by atoms with E-state index in [-0.39, 0.29) is 6.03 Å². The molecule has 1 saturated heterocycles. The topological polar surface area (TPSA) is 49.6 Å². The van der Waals surface area contributed by atoms with Gasteiger partial charge in [-0.1, -0.05) is 6.42 Å². The van der Waals surface area contributed by atoms with Crippen LogP contribution in [0.5, 0.6) is 0 Å². The Morgan fingerprint density at radius 1 is 1.33 bits per heavy atom. The van der Waals surface area contributed by atoms with Gasteiger partial charge < -0.3 is 15.5 Å². The quantitative estimate of drug-likeness (QED) is 0.642. The number of carbonyl (C=O) groups is 1. The van der Waals surface area contributed by atoms with Crippen molar-refractivity contribution < 1.29 is 4.79 Å². The molecule has 2 amide bonds. The van der Waals surface area contributed by atoms with Gasteiger partial charge in [-0.2, -0.15) is 0 Å². The van der Waals surface area contributed by atoms with Crippen LogP contribution in [0, 0.1) is 11.8 Å².